The maximum absolute atomic E-state index is 11.2. The van der Waals surface area contributed by atoms with Crippen molar-refractivity contribution in [1.29, 1.82) is 0 Å². The number of hydrogen-bond acceptors (Lipinski definition) is 5. The van der Waals surface area contributed by atoms with Crippen molar-refractivity contribution in [2.45, 2.75) is 0 Å². The van der Waals surface area contributed by atoms with Gasteiger partial charge in [-0.3, -0.25) is 9.78 Å². The fourth-order valence-corrected chi connectivity index (χ4v) is 2.09. The lowest BCUT2D eigenvalue weighted by Crippen LogP contribution is -2.32. The fraction of sp³-hybridized carbons (Fsp3) is 0.500. The average molecular weight is 200 g/mol. The van der Waals surface area contributed by atoms with Crippen LogP contribution >= 0.6 is 11.8 Å². The second kappa shape index (κ2) is 3.25. The van der Waals surface area contributed by atoms with Gasteiger partial charge in [0.1, 0.15) is 0 Å². The molecule has 1 fully saturated rings. The first kappa shape index (κ1) is 8.36. The molecule has 1 aromatic heterocycles. The molecular weight excluding hydrogens is 192 g/mol. The molecule has 0 amide bonds. The van der Waals surface area contributed by atoms with Crippen LogP contribution in [-0.2, 0) is 0 Å². The van der Waals surface area contributed by atoms with E-state index in [9.17, 15) is 9.59 Å². The smallest absolute Gasteiger partial charge is 0.341 e. The summed E-state index contributed by atoms with van der Waals surface area (Å²) in [6.45, 7) is 0.798. The van der Waals surface area contributed by atoms with Gasteiger partial charge in [0.2, 0.25) is 5.82 Å². The molecule has 2 rings (SSSR count). The van der Waals surface area contributed by atoms with Gasteiger partial charge in [-0.15, -0.1) is 16.9 Å². The standard InChI is InChI=1S/C6H8N4O2S/c11-5-4(8-9-6(12)7-5)10-1-2-13-3-10/h1-3H2,(H2,7,9,11,12). The van der Waals surface area contributed by atoms with Crippen LogP contribution in [-0.4, -0.2) is 33.4 Å². The van der Waals surface area contributed by atoms with Gasteiger partial charge in [0.25, 0.3) is 5.56 Å². The first-order valence-corrected chi connectivity index (χ1v) is 4.94. The minimum absolute atomic E-state index is 0.296. The molecule has 13 heavy (non-hydrogen) atoms. The monoisotopic (exact) mass is 200 g/mol. The van der Waals surface area contributed by atoms with Gasteiger partial charge in [0.05, 0.1) is 5.88 Å². The fourth-order valence-electron chi connectivity index (χ4n) is 1.14. The highest BCUT2D eigenvalue weighted by Crippen LogP contribution is 2.16. The zero-order chi connectivity index (χ0) is 9.26. The molecule has 0 atom stereocenters. The summed E-state index contributed by atoms with van der Waals surface area (Å²) in [5.74, 6) is 2.03. The second-order valence-corrected chi connectivity index (χ2v) is 3.71. The van der Waals surface area contributed by atoms with Crippen LogP contribution in [0.1, 0.15) is 0 Å². The lowest BCUT2D eigenvalue weighted by molar-refractivity contribution is 0.835. The number of aromatic nitrogens is 3. The van der Waals surface area contributed by atoms with Crippen molar-refractivity contribution in [3.63, 3.8) is 0 Å². The highest BCUT2D eigenvalue weighted by Gasteiger charge is 2.17. The third kappa shape index (κ3) is 1.59. The number of rotatable bonds is 1. The Morgan fingerprint density at radius 2 is 2.31 bits per heavy atom. The third-order valence-corrected chi connectivity index (χ3v) is 2.71. The van der Waals surface area contributed by atoms with E-state index in [0.29, 0.717) is 5.82 Å². The quantitative estimate of drug-likeness (QED) is 0.605. The van der Waals surface area contributed by atoms with Gasteiger partial charge in [0.15, 0.2) is 0 Å². The molecule has 1 saturated heterocycles. The van der Waals surface area contributed by atoms with E-state index in [1.165, 1.54) is 0 Å². The Morgan fingerprint density at radius 1 is 1.46 bits per heavy atom. The van der Waals surface area contributed by atoms with E-state index in [1.54, 1.807) is 11.8 Å². The average Bonchev–Trinajstić information content (AvgIpc) is 2.56. The van der Waals surface area contributed by atoms with Crippen LogP contribution in [0.25, 0.3) is 0 Å². The van der Waals surface area contributed by atoms with Crippen LogP contribution in [0.3, 0.4) is 0 Å². The Hall–Kier alpha value is -1.24. The van der Waals surface area contributed by atoms with Crippen LogP contribution in [0, 0.1) is 0 Å². The van der Waals surface area contributed by atoms with Gasteiger partial charge in [-0.1, -0.05) is 0 Å². The number of nitrogens with zero attached hydrogens (tertiary/aromatic N) is 2. The molecule has 6 nitrogen and oxygen atoms in total. The third-order valence-electron chi connectivity index (χ3n) is 1.75. The summed E-state index contributed by atoms with van der Waals surface area (Å²) in [5.41, 5.74) is -0.994. The molecule has 1 aromatic rings. The van der Waals surface area contributed by atoms with E-state index in [1.807, 2.05) is 4.90 Å². The van der Waals surface area contributed by atoms with E-state index >= 15 is 0 Å². The molecular formula is C6H8N4O2S. The van der Waals surface area contributed by atoms with Crippen LogP contribution in [0.15, 0.2) is 9.59 Å². The SMILES string of the molecule is O=c1[nH]nc(N2CCSC2)c(=O)[nH]1. The summed E-state index contributed by atoms with van der Waals surface area (Å²) in [7, 11) is 0. The maximum atomic E-state index is 11.2. The van der Waals surface area contributed by atoms with Crippen LogP contribution in [0.2, 0.25) is 0 Å². The first-order valence-electron chi connectivity index (χ1n) is 3.79. The number of anilines is 1. The van der Waals surface area contributed by atoms with Crippen molar-refractivity contribution in [1.82, 2.24) is 15.2 Å². The summed E-state index contributed by atoms with van der Waals surface area (Å²) in [6.07, 6.45) is 0. The molecule has 1 aliphatic heterocycles. The van der Waals surface area contributed by atoms with Gasteiger partial charge in [-0.05, 0) is 0 Å². The number of hydrogen-bond donors (Lipinski definition) is 2. The molecule has 2 N–H and O–H groups in total. The van der Waals surface area contributed by atoms with E-state index in [2.05, 4.69) is 15.2 Å². The van der Waals surface area contributed by atoms with E-state index < -0.39 is 11.2 Å². The summed E-state index contributed by atoms with van der Waals surface area (Å²) in [4.78, 5) is 25.9. The van der Waals surface area contributed by atoms with Gasteiger partial charge < -0.3 is 4.90 Å². The molecule has 0 aliphatic carbocycles. The number of H-pyrrole nitrogens is 2. The summed E-state index contributed by atoms with van der Waals surface area (Å²) < 4.78 is 0. The van der Waals surface area contributed by atoms with Crippen molar-refractivity contribution in [3.8, 4) is 0 Å². The van der Waals surface area contributed by atoms with E-state index in [-0.39, 0.29) is 0 Å². The highest BCUT2D eigenvalue weighted by atomic mass is 32.2. The Morgan fingerprint density at radius 3 is 2.92 bits per heavy atom. The molecule has 0 spiro atoms. The highest BCUT2D eigenvalue weighted by molar-refractivity contribution is 7.99. The molecule has 1 aliphatic rings. The Bertz CT molecular complexity index is 406. The summed E-state index contributed by atoms with van der Waals surface area (Å²) in [5, 5.41) is 5.90. The minimum Gasteiger partial charge on any atom is -0.341 e. The first-order chi connectivity index (χ1) is 6.27. The Labute approximate surface area is 77.4 Å². The largest absolute Gasteiger partial charge is 0.342 e. The lowest BCUT2D eigenvalue weighted by atomic mass is 10.5. The van der Waals surface area contributed by atoms with Crippen molar-refractivity contribution < 1.29 is 0 Å². The van der Waals surface area contributed by atoms with Crippen LogP contribution in [0.4, 0.5) is 5.82 Å². The normalized spacial score (nSPS) is 16.5. The van der Waals surface area contributed by atoms with Crippen molar-refractivity contribution >= 4 is 17.6 Å². The maximum Gasteiger partial charge on any atom is 0.342 e. The van der Waals surface area contributed by atoms with Gasteiger partial charge in [-0.25, -0.2) is 9.89 Å². The second-order valence-electron chi connectivity index (χ2n) is 2.63. The topological polar surface area (TPSA) is 81.8 Å². The molecule has 2 heterocycles. The predicted octanol–water partition coefficient (Wildman–Crippen LogP) is -1.03. The zero-order valence-electron chi connectivity index (χ0n) is 6.74. The summed E-state index contributed by atoms with van der Waals surface area (Å²) in [6, 6.07) is 0. The van der Waals surface area contributed by atoms with Crippen LogP contribution in [0.5, 0.6) is 0 Å². The van der Waals surface area contributed by atoms with E-state index in [0.717, 1.165) is 18.2 Å². The van der Waals surface area contributed by atoms with E-state index in [4.69, 9.17) is 0 Å². The lowest BCUT2D eigenvalue weighted by Gasteiger charge is -2.12. The van der Waals surface area contributed by atoms with Gasteiger partial charge >= 0.3 is 5.69 Å². The Balaban J connectivity index is 2.40. The van der Waals surface area contributed by atoms with Crippen molar-refractivity contribution in [3.05, 3.63) is 20.8 Å². The van der Waals surface area contributed by atoms with Crippen LogP contribution < -0.4 is 16.1 Å². The van der Waals surface area contributed by atoms with Crippen molar-refractivity contribution in [2.24, 2.45) is 0 Å². The minimum atomic E-state index is -0.569. The number of nitrogens with one attached hydrogen (secondary N) is 2. The summed E-state index contributed by atoms with van der Waals surface area (Å²) >= 11 is 1.73. The van der Waals surface area contributed by atoms with Gasteiger partial charge in [-0.2, -0.15) is 0 Å². The predicted molar refractivity (Wildman–Crippen MR) is 50.1 cm³/mol. The molecule has 0 radical (unpaired) electrons. The Kier molecular flexibility index (Phi) is 2.09. The number of thioether (sulfide) groups is 1. The molecule has 0 saturated carbocycles. The molecule has 0 unspecified atom stereocenters. The molecule has 70 valence electrons. The zero-order valence-corrected chi connectivity index (χ0v) is 7.56. The van der Waals surface area contributed by atoms with Crippen molar-refractivity contribution in [2.75, 3.05) is 23.1 Å². The van der Waals surface area contributed by atoms with Gasteiger partial charge in [0, 0.05) is 12.3 Å². The molecule has 7 heteroatoms. The molecule has 0 bridgehead atoms. The molecule has 0 aromatic carbocycles. The number of aromatic amines is 2.